The molecule has 98 valence electrons. The highest BCUT2D eigenvalue weighted by Gasteiger charge is 2.21. The van der Waals surface area contributed by atoms with Crippen molar-refractivity contribution in [2.24, 2.45) is 0 Å². The highest BCUT2D eigenvalue weighted by Crippen LogP contribution is 2.14. The number of aryl methyl sites for hydroxylation is 1. The minimum atomic E-state index is -0.651. The summed E-state index contributed by atoms with van der Waals surface area (Å²) < 4.78 is 4.61. The number of carbonyl (C=O) groups excluding carboxylic acids is 2. The van der Waals surface area contributed by atoms with E-state index in [2.05, 4.69) is 10.1 Å². The van der Waals surface area contributed by atoms with Crippen molar-refractivity contribution >= 4 is 17.6 Å². The second-order valence-corrected chi connectivity index (χ2v) is 4.05. The van der Waals surface area contributed by atoms with Crippen LogP contribution in [0.25, 0.3) is 0 Å². The van der Waals surface area contributed by atoms with Crippen LogP contribution in [0, 0.1) is 6.92 Å². The van der Waals surface area contributed by atoms with Gasteiger partial charge in [-0.05, 0) is 25.5 Å². The third-order valence-corrected chi connectivity index (χ3v) is 2.65. The Labute approximate surface area is 106 Å². The maximum atomic E-state index is 12.0. The molecule has 1 aromatic rings. The minimum Gasteiger partial charge on any atom is -0.467 e. The monoisotopic (exact) mass is 250 g/mol. The number of nitrogen functional groups attached to an aromatic ring is 1. The number of amides is 1. The maximum Gasteiger partial charge on any atom is 0.328 e. The zero-order chi connectivity index (χ0) is 13.7. The summed E-state index contributed by atoms with van der Waals surface area (Å²) in [5.74, 6) is -0.828. The van der Waals surface area contributed by atoms with Gasteiger partial charge < -0.3 is 15.8 Å². The number of rotatable bonds is 4. The van der Waals surface area contributed by atoms with Crippen LogP contribution in [0.4, 0.5) is 5.69 Å². The highest BCUT2D eigenvalue weighted by atomic mass is 16.5. The fourth-order valence-electron chi connectivity index (χ4n) is 1.57. The molecule has 1 rings (SSSR count). The van der Waals surface area contributed by atoms with Crippen molar-refractivity contribution in [3.63, 3.8) is 0 Å². The molecular weight excluding hydrogens is 232 g/mol. The molecule has 5 heteroatoms. The normalized spacial score (nSPS) is 11.7. The molecule has 0 saturated carbocycles. The number of carbonyl (C=O) groups is 2. The van der Waals surface area contributed by atoms with Crippen molar-refractivity contribution in [3.8, 4) is 0 Å². The number of nitrogens with two attached hydrogens (primary N) is 1. The maximum absolute atomic E-state index is 12.0. The predicted octanol–water partition coefficient (Wildman–Crippen LogP) is 1.26. The molecule has 0 fully saturated rings. The Morgan fingerprint density at radius 2 is 2.11 bits per heavy atom. The molecule has 0 aliphatic heterocycles. The van der Waals surface area contributed by atoms with Gasteiger partial charge >= 0.3 is 5.97 Å². The summed E-state index contributed by atoms with van der Waals surface area (Å²) in [6.07, 6.45) is 0.462. The quantitative estimate of drug-likeness (QED) is 0.622. The van der Waals surface area contributed by atoms with E-state index < -0.39 is 12.0 Å². The van der Waals surface area contributed by atoms with E-state index in [1.165, 1.54) is 7.11 Å². The van der Waals surface area contributed by atoms with Crippen molar-refractivity contribution in [2.75, 3.05) is 12.8 Å². The summed E-state index contributed by atoms with van der Waals surface area (Å²) in [5, 5.41) is 2.61. The van der Waals surface area contributed by atoms with Gasteiger partial charge in [-0.2, -0.15) is 0 Å². The molecule has 1 unspecified atom stereocenters. The zero-order valence-corrected chi connectivity index (χ0v) is 10.8. The van der Waals surface area contributed by atoms with Crippen LogP contribution >= 0.6 is 0 Å². The van der Waals surface area contributed by atoms with Gasteiger partial charge in [0.1, 0.15) is 6.04 Å². The van der Waals surface area contributed by atoms with E-state index in [1.807, 2.05) is 13.0 Å². The Kier molecular flexibility index (Phi) is 4.71. The van der Waals surface area contributed by atoms with Crippen LogP contribution in [0.15, 0.2) is 18.2 Å². The van der Waals surface area contributed by atoms with E-state index in [1.54, 1.807) is 19.1 Å². The van der Waals surface area contributed by atoms with Crippen LogP contribution in [0.5, 0.6) is 0 Å². The Morgan fingerprint density at radius 1 is 1.44 bits per heavy atom. The number of esters is 1. The standard InChI is InChI=1S/C13H18N2O3/c1-4-11(13(17)18-3)15-12(16)9-7-8(2)5-6-10(9)14/h5-7,11H,4,14H2,1-3H3,(H,15,16). The Morgan fingerprint density at radius 3 is 2.67 bits per heavy atom. The minimum absolute atomic E-state index is 0.367. The Hall–Kier alpha value is -2.04. The fourth-order valence-corrected chi connectivity index (χ4v) is 1.57. The topological polar surface area (TPSA) is 81.4 Å². The van der Waals surface area contributed by atoms with Gasteiger partial charge in [0.25, 0.3) is 5.91 Å². The van der Waals surface area contributed by atoms with E-state index in [0.29, 0.717) is 17.7 Å². The van der Waals surface area contributed by atoms with Gasteiger partial charge in [-0.25, -0.2) is 4.79 Å². The lowest BCUT2D eigenvalue weighted by Crippen LogP contribution is -2.41. The lowest BCUT2D eigenvalue weighted by atomic mass is 10.1. The Balaban J connectivity index is 2.87. The summed E-state index contributed by atoms with van der Waals surface area (Å²) in [4.78, 5) is 23.4. The molecule has 1 atom stereocenters. The molecule has 5 nitrogen and oxygen atoms in total. The van der Waals surface area contributed by atoms with Crippen LogP contribution in [0.2, 0.25) is 0 Å². The summed E-state index contributed by atoms with van der Waals surface area (Å²) in [5.41, 5.74) is 7.43. The van der Waals surface area contributed by atoms with E-state index in [-0.39, 0.29) is 5.91 Å². The number of benzene rings is 1. The molecule has 18 heavy (non-hydrogen) atoms. The molecular formula is C13H18N2O3. The summed E-state index contributed by atoms with van der Waals surface area (Å²) in [7, 11) is 1.29. The number of hydrogen-bond acceptors (Lipinski definition) is 4. The van der Waals surface area contributed by atoms with Crippen molar-refractivity contribution in [2.45, 2.75) is 26.3 Å². The number of nitrogens with one attached hydrogen (secondary N) is 1. The van der Waals surface area contributed by atoms with Gasteiger partial charge in [0.05, 0.1) is 12.7 Å². The smallest absolute Gasteiger partial charge is 0.328 e. The molecule has 0 radical (unpaired) electrons. The third-order valence-electron chi connectivity index (χ3n) is 2.65. The number of ether oxygens (including phenoxy) is 1. The van der Waals surface area contributed by atoms with Gasteiger partial charge in [0, 0.05) is 5.69 Å². The van der Waals surface area contributed by atoms with Gasteiger partial charge in [-0.15, -0.1) is 0 Å². The molecule has 0 bridgehead atoms. The SMILES string of the molecule is CCC(NC(=O)c1cc(C)ccc1N)C(=O)OC. The average Bonchev–Trinajstić information content (AvgIpc) is 2.37. The van der Waals surface area contributed by atoms with Gasteiger partial charge in [0.15, 0.2) is 0 Å². The molecule has 0 aliphatic rings. The second-order valence-electron chi connectivity index (χ2n) is 4.05. The first kappa shape index (κ1) is 14.0. The first-order valence-electron chi connectivity index (χ1n) is 5.74. The van der Waals surface area contributed by atoms with Crippen molar-refractivity contribution < 1.29 is 14.3 Å². The molecule has 3 N–H and O–H groups in total. The number of methoxy groups -OCH3 is 1. The first-order valence-corrected chi connectivity index (χ1v) is 5.74. The fraction of sp³-hybridized carbons (Fsp3) is 0.385. The van der Waals surface area contributed by atoms with Crippen LogP contribution in [0.1, 0.15) is 29.3 Å². The first-order chi connectivity index (χ1) is 8.49. The number of hydrogen-bond donors (Lipinski definition) is 2. The van der Waals surface area contributed by atoms with E-state index >= 15 is 0 Å². The molecule has 1 aromatic carbocycles. The molecule has 0 spiro atoms. The zero-order valence-electron chi connectivity index (χ0n) is 10.8. The van der Waals surface area contributed by atoms with Crippen LogP contribution in [0.3, 0.4) is 0 Å². The average molecular weight is 250 g/mol. The van der Waals surface area contributed by atoms with E-state index in [0.717, 1.165) is 5.56 Å². The largest absolute Gasteiger partial charge is 0.467 e. The van der Waals surface area contributed by atoms with Crippen LogP contribution in [-0.2, 0) is 9.53 Å². The van der Waals surface area contributed by atoms with Gasteiger partial charge in [-0.1, -0.05) is 18.6 Å². The van der Waals surface area contributed by atoms with Gasteiger partial charge in [-0.3, -0.25) is 4.79 Å². The third kappa shape index (κ3) is 3.23. The molecule has 0 saturated heterocycles. The predicted molar refractivity (Wildman–Crippen MR) is 69.2 cm³/mol. The highest BCUT2D eigenvalue weighted by molar-refractivity contribution is 6.01. The Bertz CT molecular complexity index is 458. The van der Waals surface area contributed by atoms with Crippen molar-refractivity contribution in [1.82, 2.24) is 5.32 Å². The number of anilines is 1. The van der Waals surface area contributed by atoms with E-state index in [9.17, 15) is 9.59 Å². The molecule has 0 heterocycles. The van der Waals surface area contributed by atoms with Gasteiger partial charge in [0.2, 0.25) is 0 Å². The van der Waals surface area contributed by atoms with Crippen LogP contribution in [-0.4, -0.2) is 25.0 Å². The van der Waals surface area contributed by atoms with Crippen LogP contribution < -0.4 is 11.1 Å². The lowest BCUT2D eigenvalue weighted by Gasteiger charge is -2.15. The molecule has 1 amide bonds. The van der Waals surface area contributed by atoms with Crippen molar-refractivity contribution in [1.29, 1.82) is 0 Å². The summed E-state index contributed by atoms with van der Waals surface area (Å²) in [6, 6.07) is 4.53. The second kappa shape index (κ2) is 6.05. The van der Waals surface area contributed by atoms with E-state index in [4.69, 9.17) is 5.73 Å². The lowest BCUT2D eigenvalue weighted by molar-refractivity contribution is -0.142. The molecule has 0 aliphatic carbocycles. The summed E-state index contributed by atoms with van der Waals surface area (Å²) in [6.45, 7) is 3.66. The van der Waals surface area contributed by atoms with Crippen molar-refractivity contribution in [3.05, 3.63) is 29.3 Å². The summed E-state index contributed by atoms with van der Waals surface area (Å²) >= 11 is 0. The molecule has 0 aromatic heterocycles.